The molecular weight excluding hydrogens is 332 g/mol. The molecule has 1 aliphatic heterocycles. The van der Waals surface area contributed by atoms with Crippen molar-refractivity contribution in [2.45, 2.75) is 32.7 Å². The standard InChI is InChI=1S/C20H28N2O4/c1-13(2)21-5-7-22(8-6-21)19(23)11-15-9-14-10-17(25-3)18(26-4)12-16(14)20(15)24/h10,12-13,15H,5-9,11H2,1-4H3. The molecule has 26 heavy (non-hydrogen) atoms. The lowest BCUT2D eigenvalue weighted by Crippen LogP contribution is -2.51. The number of fused-ring (bicyclic) bond motifs is 1. The zero-order valence-corrected chi connectivity index (χ0v) is 16.1. The third-order valence-corrected chi connectivity index (χ3v) is 5.53. The number of carbonyl (C=O) groups excluding carboxylic acids is 2. The number of methoxy groups -OCH3 is 2. The summed E-state index contributed by atoms with van der Waals surface area (Å²) in [7, 11) is 3.14. The van der Waals surface area contributed by atoms with Crippen LogP contribution in [0, 0.1) is 5.92 Å². The van der Waals surface area contributed by atoms with E-state index in [0.717, 1.165) is 31.7 Å². The van der Waals surface area contributed by atoms with Crippen LogP contribution in [0.25, 0.3) is 0 Å². The SMILES string of the molecule is COc1cc2c(cc1OC)C(=O)C(CC(=O)N1CCN(C(C)C)CC1)C2. The zero-order valence-electron chi connectivity index (χ0n) is 16.1. The van der Waals surface area contributed by atoms with E-state index in [-0.39, 0.29) is 24.0 Å². The number of rotatable bonds is 5. The zero-order chi connectivity index (χ0) is 18.8. The summed E-state index contributed by atoms with van der Waals surface area (Å²) < 4.78 is 10.6. The number of ketones is 1. The number of piperazine rings is 1. The lowest BCUT2D eigenvalue weighted by atomic mass is 10.00. The van der Waals surface area contributed by atoms with Crippen molar-refractivity contribution in [1.82, 2.24) is 9.80 Å². The molecule has 0 spiro atoms. The molecule has 6 heteroatoms. The number of ether oxygens (including phenoxy) is 2. The highest BCUT2D eigenvalue weighted by Crippen LogP contribution is 2.37. The predicted molar refractivity (Wildman–Crippen MR) is 99.0 cm³/mol. The van der Waals surface area contributed by atoms with Crippen LogP contribution in [0.5, 0.6) is 11.5 Å². The Morgan fingerprint density at radius 3 is 2.31 bits per heavy atom. The minimum absolute atomic E-state index is 0.0371. The first-order valence-electron chi connectivity index (χ1n) is 9.25. The molecule has 3 rings (SSSR count). The van der Waals surface area contributed by atoms with E-state index in [4.69, 9.17) is 9.47 Å². The lowest BCUT2D eigenvalue weighted by Gasteiger charge is -2.37. The van der Waals surface area contributed by atoms with Crippen LogP contribution in [0.2, 0.25) is 0 Å². The van der Waals surface area contributed by atoms with Gasteiger partial charge in [-0.2, -0.15) is 0 Å². The molecule has 1 amide bonds. The fourth-order valence-corrected chi connectivity index (χ4v) is 3.89. The molecule has 0 aromatic heterocycles. The molecule has 1 atom stereocenters. The first-order valence-corrected chi connectivity index (χ1v) is 9.25. The minimum Gasteiger partial charge on any atom is -0.493 e. The number of hydrogen-bond donors (Lipinski definition) is 0. The van der Waals surface area contributed by atoms with Crippen LogP contribution in [0.15, 0.2) is 12.1 Å². The van der Waals surface area contributed by atoms with Crippen molar-refractivity contribution in [2.24, 2.45) is 5.92 Å². The second-order valence-electron chi connectivity index (χ2n) is 7.34. The molecule has 0 N–H and O–H groups in total. The van der Waals surface area contributed by atoms with Gasteiger partial charge in [-0.25, -0.2) is 0 Å². The van der Waals surface area contributed by atoms with E-state index >= 15 is 0 Å². The second-order valence-corrected chi connectivity index (χ2v) is 7.34. The molecule has 6 nitrogen and oxygen atoms in total. The molecule has 1 saturated heterocycles. The highest BCUT2D eigenvalue weighted by Gasteiger charge is 2.35. The molecule has 1 unspecified atom stereocenters. The Hall–Kier alpha value is -2.08. The predicted octanol–water partition coefficient (Wildman–Crippen LogP) is 2.00. The van der Waals surface area contributed by atoms with Crippen LogP contribution in [-0.2, 0) is 11.2 Å². The summed E-state index contributed by atoms with van der Waals surface area (Å²) in [6, 6.07) is 4.10. The van der Waals surface area contributed by atoms with Crippen molar-refractivity contribution in [3.8, 4) is 11.5 Å². The molecule has 1 aromatic carbocycles. The van der Waals surface area contributed by atoms with Crippen LogP contribution >= 0.6 is 0 Å². The molecule has 1 fully saturated rings. The number of amides is 1. The first kappa shape index (κ1) is 18.7. The molecule has 1 heterocycles. The van der Waals surface area contributed by atoms with Crippen LogP contribution in [0.4, 0.5) is 0 Å². The van der Waals surface area contributed by atoms with E-state index in [1.54, 1.807) is 20.3 Å². The quantitative estimate of drug-likeness (QED) is 0.804. The van der Waals surface area contributed by atoms with Crippen LogP contribution in [0.1, 0.15) is 36.2 Å². The molecule has 0 bridgehead atoms. The second kappa shape index (κ2) is 7.66. The summed E-state index contributed by atoms with van der Waals surface area (Å²) >= 11 is 0. The van der Waals surface area contributed by atoms with Gasteiger partial charge in [0.2, 0.25) is 5.91 Å². The number of hydrogen-bond acceptors (Lipinski definition) is 5. The van der Waals surface area contributed by atoms with Gasteiger partial charge in [-0.3, -0.25) is 14.5 Å². The molecule has 0 saturated carbocycles. The summed E-state index contributed by atoms with van der Waals surface area (Å²) in [5.41, 5.74) is 1.60. The average Bonchev–Trinajstić information content (AvgIpc) is 2.95. The molecule has 1 aliphatic carbocycles. The summed E-state index contributed by atoms with van der Waals surface area (Å²) in [6.07, 6.45) is 0.867. The number of benzene rings is 1. The maximum absolute atomic E-state index is 12.7. The molecular formula is C20H28N2O4. The summed E-state index contributed by atoms with van der Waals surface area (Å²) in [6.45, 7) is 7.63. The Kier molecular flexibility index (Phi) is 5.51. The number of carbonyl (C=O) groups is 2. The van der Waals surface area contributed by atoms with Crippen LogP contribution < -0.4 is 9.47 Å². The van der Waals surface area contributed by atoms with Gasteiger partial charge in [0.15, 0.2) is 17.3 Å². The maximum atomic E-state index is 12.7. The summed E-state index contributed by atoms with van der Waals surface area (Å²) in [5.74, 6) is 1.01. The molecule has 1 aromatic rings. The van der Waals surface area contributed by atoms with Crippen molar-refractivity contribution >= 4 is 11.7 Å². The van der Waals surface area contributed by atoms with E-state index in [1.165, 1.54) is 0 Å². The average molecular weight is 360 g/mol. The normalized spacial score (nSPS) is 20.4. The number of nitrogens with zero attached hydrogens (tertiary/aromatic N) is 2. The van der Waals surface area contributed by atoms with Crippen LogP contribution in [0.3, 0.4) is 0 Å². The Morgan fingerprint density at radius 2 is 1.73 bits per heavy atom. The Balaban J connectivity index is 1.64. The van der Waals surface area contributed by atoms with Crippen molar-refractivity contribution in [2.75, 3.05) is 40.4 Å². The molecule has 142 valence electrons. The Labute approximate surface area is 155 Å². The minimum atomic E-state index is -0.280. The largest absolute Gasteiger partial charge is 0.493 e. The van der Waals surface area contributed by atoms with Crippen molar-refractivity contribution in [3.05, 3.63) is 23.3 Å². The topological polar surface area (TPSA) is 59.1 Å². The van der Waals surface area contributed by atoms with Gasteiger partial charge in [-0.05, 0) is 38.0 Å². The lowest BCUT2D eigenvalue weighted by molar-refractivity contribution is -0.133. The van der Waals surface area contributed by atoms with E-state index in [9.17, 15) is 9.59 Å². The van der Waals surface area contributed by atoms with Gasteiger partial charge in [0.05, 0.1) is 14.2 Å². The van der Waals surface area contributed by atoms with E-state index in [1.807, 2.05) is 11.0 Å². The van der Waals surface area contributed by atoms with Crippen molar-refractivity contribution in [1.29, 1.82) is 0 Å². The maximum Gasteiger partial charge on any atom is 0.223 e. The van der Waals surface area contributed by atoms with E-state index in [0.29, 0.717) is 29.5 Å². The van der Waals surface area contributed by atoms with Gasteiger partial charge in [0, 0.05) is 50.1 Å². The van der Waals surface area contributed by atoms with Crippen molar-refractivity contribution in [3.63, 3.8) is 0 Å². The van der Waals surface area contributed by atoms with Gasteiger partial charge >= 0.3 is 0 Å². The number of Topliss-reactive ketones (excluding diaryl/α,β-unsaturated/α-hetero) is 1. The molecule has 0 radical (unpaired) electrons. The summed E-state index contributed by atoms with van der Waals surface area (Å²) in [5, 5.41) is 0. The van der Waals surface area contributed by atoms with Gasteiger partial charge in [-0.1, -0.05) is 0 Å². The Morgan fingerprint density at radius 1 is 1.12 bits per heavy atom. The fraction of sp³-hybridized carbons (Fsp3) is 0.600. The highest BCUT2D eigenvalue weighted by atomic mass is 16.5. The first-order chi connectivity index (χ1) is 12.4. The van der Waals surface area contributed by atoms with Gasteiger partial charge < -0.3 is 14.4 Å². The fourth-order valence-electron chi connectivity index (χ4n) is 3.89. The van der Waals surface area contributed by atoms with E-state index in [2.05, 4.69) is 18.7 Å². The van der Waals surface area contributed by atoms with Gasteiger partial charge in [-0.15, -0.1) is 0 Å². The summed E-state index contributed by atoms with van der Waals surface area (Å²) in [4.78, 5) is 29.7. The third-order valence-electron chi connectivity index (χ3n) is 5.53. The monoisotopic (exact) mass is 360 g/mol. The van der Waals surface area contributed by atoms with E-state index < -0.39 is 0 Å². The highest BCUT2D eigenvalue weighted by molar-refractivity contribution is 6.04. The molecule has 2 aliphatic rings. The van der Waals surface area contributed by atoms with Gasteiger partial charge in [0.1, 0.15) is 0 Å². The Bertz CT molecular complexity index is 693. The van der Waals surface area contributed by atoms with Crippen LogP contribution in [-0.4, -0.2) is 67.9 Å². The smallest absolute Gasteiger partial charge is 0.223 e. The van der Waals surface area contributed by atoms with Gasteiger partial charge in [0.25, 0.3) is 0 Å². The van der Waals surface area contributed by atoms with Crippen molar-refractivity contribution < 1.29 is 19.1 Å². The third kappa shape index (κ3) is 3.56.